The lowest BCUT2D eigenvalue weighted by Gasteiger charge is -2.27. The summed E-state index contributed by atoms with van der Waals surface area (Å²) < 4.78 is 1.05. The van der Waals surface area contributed by atoms with Crippen LogP contribution in [0.2, 0.25) is 0 Å². The monoisotopic (exact) mass is 283 g/mol. The lowest BCUT2D eigenvalue weighted by molar-refractivity contribution is 0.218. The quantitative estimate of drug-likeness (QED) is 0.899. The Morgan fingerprint density at radius 1 is 1.25 bits per heavy atom. The molecule has 0 aromatic heterocycles. The molecular weight excluding hydrogens is 266 g/mol. The number of rotatable bonds is 2. The van der Waals surface area contributed by atoms with E-state index in [2.05, 4.69) is 20.8 Å². The molecule has 1 fully saturated rings. The van der Waals surface area contributed by atoms with E-state index in [0.29, 0.717) is 5.75 Å². The van der Waals surface area contributed by atoms with Crippen LogP contribution in [-0.2, 0) is 6.54 Å². The third-order valence-electron chi connectivity index (χ3n) is 3.19. The summed E-state index contributed by atoms with van der Waals surface area (Å²) >= 11 is 3.48. The first-order valence-corrected chi connectivity index (χ1v) is 6.66. The van der Waals surface area contributed by atoms with Gasteiger partial charge in [0.25, 0.3) is 0 Å². The van der Waals surface area contributed by atoms with E-state index in [1.165, 1.54) is 19.3 Å². The molecule has 2 rings (SSSR count). The van der Waals surface area contributed by atoms with Gasteiger partial charge in [0.2, 0.25) is 0 Å². The molecule has 0 spiro atoms. The predicted octanol–water partition coefficient (Wildman–Crippen LogP) is 3.45. The fraction of sp³-hybridized carbons (Fsp3) is 0.538. The van der Waals surface area contributed by atoms with E-state index in [9.17, 15) is 5.11 Å². The molecular formula is C13H18BrNO. The van der Waals surface area contributed by atoms with Crippen molar-refractivity contribution in [2.75, 3.05) is 13.1 Å². The fourth-order valence-corrected chi connectivity index (χ4v) is 2.90. The third kappa shape index (κ3) is 2.77. The Labute approximate surface area is 105 Å². The Bertz CT molecular complexity index is 372. The zero-order chi connectivity index (χ0) is 11.5. The highest BCUT2D eigenvalue weighted by Gasteiger charge is 2.13. The average Bonchev–Trinajstić information content (AvgIpc) is 2.27. The zero-order valence-electron chi connectivity index (χ0n) is 9.67. The maximum absolute atomic E-state index is 10.0. The van der Waals surface area contributed by atoms with Gasteiger partial charge < -0.3 is 5.11 Å². The summed E-state index contributed by atoms with van der Waals surface area (Å²) in [6.45, 7) is 5.13. The molecule has 1 aliphatic heterocycles. The van der Waals surface area contributed by atoms with Crippen molar-refractivity contribution in [3.63, 3.8) is 0 Å². The Balaban J connectivity index is 2.13. The van der Waals surface area contributed by atoms with Crippen molar-refractivity contribution in [3.05, 3.63) is 27.7 Å². The molecule has 3 heteroatoms. The Hall–Kier alpha value is -0.540. The second kappa shape index (κ2) is 5.19. The molecule has 0 bridgehead atoms. The van der Waals surface area contributed by atoms with Gasteiger partial charge in [0.05, 0.1) is 0 Å². The summed E-state index contributed by atoms with van der Waals surface area (Å²) in [5, 5.41) is 10.0. The number of phenolic OH excluding ortho intramolecular Hbond substituents is 1. The van der Waals surface area contributed by atoms with Gasteiger partial charge in [0.1, 0.15) is 5.75 Å². The van der Waals surface area contributed by atoms with Gasteiger partial charge in [0, 0.05) is 16.6 Å². The van der Waals surface area contributed by atoms with E-state index in [4.69, 9.17) is 0 Å². The van der Waals surface area contributed by atoms with Crippen LogP contribution in [0.25, 0.3) is 0 Å². The molecule has 88 valence electrons. The number of nitrogens with zero attached hydrogens (tertiary/aromatic N) is 1. The summed E-state index contributed by atoms with van der Waals surface area (Å²) in [4.78, 5) is 2.42. The smallest absolute Gasteiger partial charge is 0.123 e. The van der Waals surface area contributed by atoms with Crippen LogP contribution >= 0.6 is 15.9 Å². The van der Waals surface area contributed by atoms with E-state index in [0.717, 1.165) is 35.2 Å². The Kier molecular flexibility index (Phi) is 3.87. The van der Waals surface area contributed by atoms with Crippen LogP contribution in [0.5, 0.6) is 5.75 Å². The Morgan fingerprint density at radius 3 is 2.62 bits per heavy atom. The molecule has 16 heavy (non-hydrogen) atoms. The molecule has 1 N–H and O–H groups in total. The molecule has 0 radical (unpaired) electrons. The average molecular weight is 284 g/mol. The van der Waals surface area contributed by atoms with Gasteiger partial charge in [-0.25, -0.2) is 0 Å². The first-order valence-electron chi connectivity index (χ1n) is 5.87. The minimum atomic E-state index is 0.453. The highest BCUT2D eigenvalue weighted by molar-refractivity contribution is 9.10. The van der Waals surface area contributed by atoms with E-state index in [1.54, 1.807) is 0 Å². The van der Waals surface area contributed by atoms with Crippen molar-refractivity contribution in [1.29, 1.82) is 0 Å². The summed E-state index contributed by atoms with van der Waals surface area (Å²) in [6, 6.07) is 3.98. The molecule has 0 saturated carbocycles. The SMILES string of the molecule is Cc1cc(Br)cc(CN2CCCCC2)c1O. The number of hydrogen-bond donors (Lipinski definition) is 1. The van der Waals surface area contributed by atoms with Crippen LogP contribution in [0.1, 0.15) is 30.4 Å². The molecule has 1 saturated heterocycles. The van der Waals surface area contributed by atoms with Crippen molar-refractivity contribution < 1.29 is 5.11 Å². The second-order valence-corrected chi connectivity index (χ2v) is 5.48. The van der Waals surface area contributed by atoms with Gasteiger partial charge in [-0.2, -0.15) is 0 Å². The number of phenols is 1. The van der Waals surface area contributed by atoms with Gasteiger partial charge in [-0.1, -0.05) is 22.4 Å². The van der Waals surface area contributed by atoms with Crippen LogP contribution < -0.4 is 0 Å². The number of aromatic hydroxyl groups is 1. The van der Waals surface area contributed by atoms with Crippen molar-refractivity contribution in [2.45, 2.75) is 32.7 Å². The first kappa shape index (κ1) is 11.9. The number of hydrogen-bond acceptors (Lipinski definition) is 2. The lowest BCUT2D eigenvalue weighted by atomic mass is 10.1. The highest BCUT2D eigenvalue weighted by Crippen LogP contribution is 2.28. The van der Waals surface area contributed by atoms with Crippen molar-refractivity contribution in [1.82, 2.24) is 4.90 Å². The minimum Gasteiger partial charge on any atom is -0.507 e. The lowest BCUT2D eigenvalue weighted by Crippen LogP contribution is -2.29. The molecule has 0 unspecified atom stereocenters. The van der Waals surface area contributed by atoms with Crippen LogP contribution in [0.4, 0.5) is 0 Å². The van der Waals surface area contributed by atoms with E-state index in [-0.39, 0.29) is 0 Å². The predicted molar refractivity (Wildman–Crippen MR) is 69.7 cm³/mol. The van der Waals surface area contributed by atoms with Gasteiger partial charge in [-0.3, -0.25) is 4.90 Å². The first-order chi connectivity index (χ1) is 7.66. The summed E-state index contributed by atoms with van der Waals surface area (Å²) in [5.74, 6) is 0.453. The molecule has 1 aromatic rings. The topological polar surface area (TPSA) is 23.5 Å². The number of aryl methyl sites for hydroxylation is 1. The molecule has 1 heterocycles. The van der Waals surface area contributed by atoms with Gasteiger partial charge in [0.15, 0.2) is 0 Å². The molecule has 1 aromatic carbocycles. The van der Waals surface area contributed by atoms with Crippen molar-refractivity contribution in [3.8, 4) is 5.75 Å². The normalized spacial score (nSPS) is 17.6. The van der Waals surface area contributed by atoms with Gasteiger partial charge in [-0.15, -0.1) is 0 Å². The molecule has 0 aliphatic carbocycles. The van der Waals surface area contributed by atoms with E-state index >= 15 is 0 Å². The van der Waals surface area contributed by atoms with Crippen LogP contribution in [0.3, 0.4) is 0 Å². The fourth-order valence-electron chi connectivity index (χ4n) is 2.28. The second-order valence-electron chi connectivity index (χ2n) is 4.57. The van der Waals surface area contributed by atoms with Crippen LogP contribution in [0, 0.1) is 6.92 Å². The Morgan fingerprint density at radius 2 is 1.94 bits per heavy atom. The zero-order valence-corrected chi connectivity index (χ0v) is 11.3. The number of halogens is 1. The van der Waals surface area contributed by atoms with Gasteiger partial charge in [-0.05, 0) is 50.6 Å². The van der Waals surface area contributed by atoms with E-state index in [1.807, 2.05) is 19.1 Å². The van der Waals surface area contributed by atoms with Crippen LogP contribution in [0.15, 0.2) is 16.6 Å². The largest absolute Gasteiger partial charge is 0.507 e. The van der Waals surface area contributed by atoms with Crippen molar-refractivity contribution >= 4 is 15.9 Å². The summed E-state index contributed by atoms with van der Waals surface area (Å²) in [7, 11) is 0. The molecule has 0 amide bonds. The maximum atomic E-state index is 10.0. The van der Waals surface area contributed by atoms with E-state index < -0.39 is 0 Å². The number of likely N-dealkylation sites (tertiary alicyclic amines) is 1. The third-order valence-corrected chi connectivity index (χ3v) is 3.64. The number of piperidine rings is 1. The van der Waals surface area contributed by atoms with Gasteiger partial charge >= 0.3 is 0 Å². The maximum Gasteiger partial charge on any atom is 0.123 e. The standard InChI is InChI=1S/C13H18BrNO/c1-10-7-12(14)8-11(13(10)16)9-15-5-3-2-4-6-15/h7-8,16H,2-6,9H2,1H3. The summed E-state index contributed by atoms with van der Waals surface area (Å²) in [5.41, 5.74) is 1.98. The summed E-state index contributed by atoms with van der Waals surface area (Å²) in [6.07, 6.45) is 3.92. The van der Waals surface area contributed by atoms with Crippen LogP contribution in [-0.4, -0.2) is 23.1 Å². The number of benzene rings is 1. The van der Waals surface area contributed by atoms with Crippen molar-refractivity contribution in [2.24, 2.45) is 0 Å². The highest BCUT2D eigenvalue weighted by atomic mass is 79.9. The molecule has 1 aliphatic rings. The molecule has 2 nitrogen and oxygen atoms in total. The molecule has 0 atom stereocenters. The minimum absolute atomic E-state index is 0.453.